The molecule has 0 atom stereocenters. The van der Waals surface area contributed by atoms with Crippen LogP contribution < -0.4 is 5.32 Å². The molecule has 0 radical (unpaired) electrons. The zero-order chi connectivity index (χ0) is 13.9. The predicted octanol–water partition coefficient (Wildman–Crippen LogP) is 2.12. The molecule has 0 bridgehead atoms. The Balaban J connectivity index is 2.45. The number of unbranched alkanes of at least 4 members (excludes halogenated alkanes) is 1. The van der Waals surface area contributed by atoms with Crippen molar-refractivity contribution >= 4 is 5.97 Å². The quantitative estimate of drug-likeness (QED) is 0.548. The van der Waals surface area contributed by atoms with E-state index in [4.69, 9.17) is 4.74 Å². The van der Waals surface area contributed by atoms with E-state index in [1.807, 2.05) is 26.2 Å². The van der Waals surface area contributed by atoms with Gasteiger partial charge in [0.1, 0.15) is 0 Å². The number of esters is 1. The summed E-state index contributed by atoms with van der Waals surface area (Å²) in [6.45, 7) is 3.32. The van der Waals surface area contributed by atoms with Gasteiger partial charge in [0.2, 0.25) is 0 Å². The molecule has 0 aliphatic carbocycles. The summed E-state index contributed by atoms with van der Waals surface area (Å²) in [5.74, 6) is -0.125. The molecule has 0 amide bonds. The van der Waals surface area contributed by atoms with Gasteiger partial charge >= 0.3 is 5.97 Å². The number of pyridine rings is 1. The third kappa shape index (κ3) is 6.34. The number of nitrogens with zero attached hydrogens (tertiary/aromatic N) is 1. The molecule has 4 heteroatoms. The highest BCUT2D eigenvalue weighted by Gasteiger charge is 2.06. The van der Waals surface area contributed by atoms with E-state index in [0.29, 0.717) is 13.0 Å². The Morgan fingerprint density at radius 1 is 1.32 bits per heavy atom. The molecule has 106 valence electrons. The molecule has 4 nitrogen and oxygen atoms in total. The van der Waals surface area contributed by atoms with Gasteiger partial charge in [0.25, 0.3) is 0 Å². The topological polar surface area (TPSA) is 51.2 Å². The first-order valence-corrected chi connectivity index (χ1v) is 7.00. The lowest BCUT2D eigenvalue weighted by atomic mass is 10.0. The first-order valence-electron chi connectivity index (χ1n) is 7.00. The summed E-state index contributed by atoms with van der Waals surface area (Å²) in [5.41, 5.74) is 2.47. The predicted molar refractivity (Wildman–Crippen MR) is 76.1 cm³/mol. The summed E-state index contributed by atoms with van der Waals surface area (Å²) in [6.07, 6.45) is 8.21. The fourth-order valence-electron chi connectivity index (χ4n) is 2.01. The van der Waals surface area contributed by atoms with Crippen LogP contribution in [0.4, 0.5) is 0 Å². The molecule has 0 aliphatic heterocycles. The van der Waals surface area contributed by atoms with Gasteiger partial charge in [0.05, 0.1) is 6.61 Å². The van der Waals surface area contributed by atoms with Crippen molar-refractivity contribution in [1.29, 1.82) is 0 Å². The smallest absolute Gasteiger partial charge is 0.306 e. The lowest BCUT2D eigenvalue weighted by Crippen LogP contribution is -2.08. The molecule has 1 heterocycles. The monoisotopic (exact) mass is 264 g/mol. The standard InChI is InChI=1S/C15H24N2O2/c1-3-19-15(18)8-7-13-9-11-17-12-14(13)6-4-5-10-16-2/h9,11-12,16H,3-8,10H2,1-2H3. The second kappa shape index (κ2) is 9.50. The molecule has 1 N–H and O–H groups in total. The van der Waals surface area contributed by atoms with Gasteiger partial charge in [0, 0.05) is 18.8 Å². The molecule has 0 saturated carbocycles. The maximum Gasteiger partial charge on any atom is 0.306 e. The Morgan fingerprint density at radius 3 is 2.89 bits per heavy atom. The minimum atomic E-state index is -0.125. The number of nitrogens with one attached hydrogen (secondary N) is 1. The Kier molecular flexibility index (Phi) is 7.82. The molecule has 1 aromatic heterocycles. The van der Waals surface area contributed by atoms with Gasteiger partial charge in [0.15, 0.2) is 0 Å². The van der Waals surface area contributed by atoms with E-state index < -0.39 is 0 Å². The van der Waals surface area contributed by atoms with Crippen LogP contribution >= 0.6 is 0 Å². The largest absolute Gasteiger partial charge is 0.466 e. The van der Waals surface area contributed by atoms with Gasteiger partial charge in [-0.1, -0.05) is 0 Å². The van der Waals surface area contributed by atoms with Crippen LogP contribution in [0.3, 0.4) is 0 Å². The van der Waals surface area contributed by atoms with Crippen LogP contribution in [0.2, 0.25) is 0 Å². The van der Waals surface area contributed by atoms with Crippen LogP contribution in [0.5, 0.6) is 0 Å². The van der Waals surface area contributed by atoms with Crippen LogP contribution in [0.25, 0.3) is 0 Å². The zero-order valence-electron chi connectivity index (χ0n) is 11.9. The van der Waals surface area contributed by atoms with Gasteiger partial charge in [-0.15, -0.1) is 0 Å². The lowest BCUT2D eigenvalue weighted by molar-refractivity contribution is -0.143. The Morgan fingerprint density at radius 2 is 2.16 bits per heavy atom. The van der Waals surface area contributed by atoms with E-state index in [2.05, 4.69) is 10.3 Å². The fraction of sp³-hybridized carbons (Fsp3) is 0.600. The lowest BCUT2D eigenvalue weighted by Gasteiger charge is -2.08. The van der Waals surface area contributed by atoms with E-state index in [1.54, 1.807) is 6.20 Å². The average molecular weight is 264 g/mol. The second-order valence-electron chi connectivity index (χ2n) is 4.51. The number of ether oxygens (including phenoxy) is 1. The number of hydrogen-bond donors (Lipinski definition) is 1. The third-order valence-electron chi connectivity index (χ3n) is 3.03. The highest BCUT2D eigenvalue weighted by atomic mass is 16.5. The van der Waals surface area contributed by atoms with Crippen molar-refractivity contribution in [2.24, 2.45) is 0 Å². The zero-order valence-corrected chi connectivity index (χ0v) is 11.9. The number of carbonyl (C=O) groups is 1. The first-order chi connectivity index (χ1) is 9.27. The Hall–Kier alpha value is -1.42. The van der Waals surface area contributed by atoms with Gasteiger partial charge in [-0.3, -0.25) is 9.78 Å². The molecule has 0 spiro atoms. The van der Waals surface area contributed by atoms with Crippen LogP contribution in [-0.2, 0) is 22.4 Å². The molecule has 0 saturated heterocycles. The molecule has 0 fully saturated rings. The van der Waals surface area contributed by atoms with Crippen molar-refractivity contribution in [3.8, 4) is 0 Å². The molecule has 19 heavy (non-hydrogen) atoms. The summed E-state index contributed by atoms with van der Waals surface area (Å²) >= 11 is 0. The van der Waals surface area contributed by atoms with Crippen molar-refractivity contribution in [2.45, 2.75) is 39.0 Å². The summed E-state index contributed by atoms with van der Waals surface area (Å²) in [5, 5.41) is 3.15. The molecule has 1 aromatic rings. The summed E-state index contributed by atoms with van der Waals surface area (Å²) in [7, 11) is 1.97. The van der Waals surface area contributed by atoms with Crippen molar-refractivity contribution in [1.82, 2.24) is 10.3 Å². The highest BCUT2D eigenvalue weighted by Crippen LogP contribution is 2.13. The number of hydrogen-bond acceptors (Lipinski definition) is 4. The van der Waals surface area contributed by atoms with Crippen LogP contribution in [-0.4, -0.2) is 31.2 Å². The number of rotatable bonds is 9. The van der Waals surface area contributed by atoms with E-state index >= 15 is 0 Å². The van der Waals surface area contributed by atoms with Crippen LogP contribution in [0.1, 0.15) is 37.3 Å². The normalized spacial score (nSPS) is 10.4. The van der Waals surface area contributed by atoms with Gasteiger partial charge < -0.3 is 10.1 Å². The molecule has 0 unspecified atom stereocenters. The van der Waals surface area contributed by atoms with Gasteiger partial charge in [-0.2, -0.15) is 0 Å². The maximum atomic E-state index is 11.4. The van der Waals surface area contributed by atoms with E-state index in [9.17, 15) is 4.79 Å². The minimum absolute atomic E-state index is 0.125. The SMILES string of the molecule is CCOC(=O)CCc1ccncc1CCCCNC. The van der Waals surface area contributed by atoms with Crippen molar-refractivity contribution in [3.63, 3.8) is 0 Å². The summed E-state index contributed by atoms with van der Waals surface area (Å²) in [6, 6.07) is 2.01. The average Bonchev–Trinajstić information content (AvgIpc) is 2.43. The van der Waals surface area contributed by atoms with Gasteiger partial charge in [-0.05, 0) is 63.4 Å². The van der Waals surface area contributed by atoms with Crippen LogP contribution in [0.15, 0.2) is 18.5 Å². The Labute approximate surface area is 115 Å². The van der Waals surface area contributed by atoms with E-state index in [1.165, 1.54) is 11.1 Å². The molecule has 1 rings (SSSR count). The number of carbonyl (C=O) groups excluding carboxylic acids is 1. The molecular formula is C15H24N2O2. The maximum absolute atomic E-state index is 11.4. The molecule has 0 aliphatic rings. The molecule has 0 aromatic carbocycles. The van der Waals surface area contributed by atoms with Crippen molar-refractivity contribution < 1.29 is 9.53 Å². The van der Waals surface area contributed by atoms with Crippen molar-refractivity contribution in [2.75, 3.05) is 20.2 Å². The summed E-state index contributed by atoms with van der Waals surface area (Å²) < 4.78 is 4.95. The van der Waals surface area contributed by atoms with Gasteiger partial charge in [-0.25, -0.2) is 0 Å². The van der Waals surface area contributed by atoms with Crippen molar-refractivity contribution in [3.05, 3.63) is 29.6 Å². The van der Waals surface area contributed by atoms with Crippen LogP contribution in [0, 0.1) is 0 Å². The second-order valence-corrected chi connectivity index (χ2v) is 4.51. The van der Waals surface area contributed by atoms with E-state index in [0.717, 1.165) is 32.2 Å². The van der Waals surface area contributed by atoms with E-state index in [-0.39, 0.29) is 5.97 Å². The number of aromatic nitrogens is 1. The third-order valence-corrected chi connectivity index (χ3v) is 3.03. The first kappa shape index (κ1) is 15.6. The number of aryl methyl sites for hydroxylation is 2. The molecular weight excluding hydrogens is 240 g/mol. The highest BCUT2D eigenvalue weighted by molar-refractivity contribution is 5.69. The Bertz CT molecular complexity index is 380. The fourth-order valence-corrected chi connectivity index (χ4v) is 2.01. The minimum Gasteiger partial charge on any atom is -0.466 e. The summed E-state index contributed by atoms with van der Waals surface area (Å²) in [4.78, 5) is 15.6.